The maximum atomic E-state index is 12.7. The molecule has 32 heavy (non-hydrogen) atoms. The van der Waals surface area contributed by atoms with E-state index in [1.54, 1.807) is 12.1 Å². The van der Waals surface area contributed by atoms with Crippen molar-refractivity contribution in [1.29, 1.82) is 0 Å². The van der Waals surface area contributed by atoms with Crippen molar-refractivity contribution in [3.8, 4) is 5.75 Å². The molecule has 1 aliphatic carbocycles. The molecule has 0 bridgehead atoms. The van der Waals surface area contributed by atoms with E-state index >= 15 is 0 Å². The van der Waals surface area contributed by atoms with Gasteiger partial charge in [0, 0.05) is 50.4 Å². The molecule has 2 aromatic rings. The van der Waals surface area contributed by atoms with E-state index < -0.39 is 0 Å². The number of piperazine rings is 1. The van der Waals surface area contributed by atoms with Gasteiger partial charge in [-0.05, 0) is 37.6 Å². The summed E-state index contributed by atoms with van der Waals surface area (Å²) in [5.74, 6) is 0.583. The molecule has 2 amide bonds. The molecule has 1 atom stereocenters. The zero-order valence-electron chi connectivity index (χ0n) is 18.6. The van der Waals surface area contributed by atoms with Gasteiger partial charge in [0.1, 0.15) is 5.75 Å². The monoisotopic (exact) mass is 436 g/mol. The lowest BCUT2D eigenvalue weighted by atomic mass is 10.1. The summed E-state index contributed by atoms with van der Waals surface area (Å²) >= 11 is 0. The van der Waals surface area contributed by atoms with E-state index in [-0.39, 0.29) is 30.4 Å². The Labute approximate surface area is 189 Å². The average molecular weight is 437 g/mol. The summed E-state index contributed by atoms with van der Waals surface area (Å²) in [5, 5.41) is 6.05. The molecule has 2 fully saturated rings. The van der Waals surface area contributed by atoms with Crippen molar-refractivity contribution in [2.24, 2.45) is 5.92 Å². The molecule has 2 aromatic carbocycles. The quantitative estimate of drug-likeness (QED) is 0.632. The normalized spacial score (nSPS) is 18.0. The Morgan fingerprint density at radius 3 is 2.50 bits per heavy atom. The van der Waals surface area contributed by atoms with Gasteiger partial charge in [-0.15, -0.1) is 0 Å². The van der Waals surface area contributed by atoms with Crippen molar-refractivity contribution in [1.82, 2.24) is 15.1 Å². The van der Waals surface area contributed by atoms with Crippen molar-refractivity contribution < 1.29 is 14.3 Å². The average Bonchev–Trinajstić information content (AvgIpc) is 3.65. The zero-order chi connectivity index (χ0) is 22.3. The Morgan fingerprint density at radius 1 is 1.03 bits per heavy atom. The molecule has 1 heterocycles. The van der Waals surface area contributed by atoms with E-state index in [0.29, 0.717) is 11.4 Å². The molecule has 2 N–H and O–H groups in total. The predicted octanol–water partition coefficient (Wildman–Crippen LogP) is 2.52. The predicted molar refractivity (Wildman–Crippen MR) is 125 cm³/mol. The number of carbonyl (C=O) groups is 2. The lowest BCUT2D eigenvalue weighted by Gasteiger charge is -2.35. The SMILES string of the molecule is CN1CCN(CC(NC(=O)COc2cccc(NC(=O)C3CC3)c2)c2ccccc2)CC1. The van der Waals surface area contributed by atoms with Crippen LogP contribution in [0, 0.1) is 5.92 Å². The highest BCUT2D eigenvalue weighted by atomic mass is 16.5. The van der Waals surface area contributed by atoms with Crippen molar-refractivity contribution in [3.63, 3.8) is 0 Å². The minimum absolute atomic E-state index is 0.0505. The topological polar surface area (TPSA) is 73.9 Å². The first-order valence-corrected chi connectivity index (χ1v) is 11.4. The molecule has 7 heteroatoms. The highest BCUT2D eigenvalue weighted by Gasteiger charge is 2.29. The Balaban J connectivity index is 1.32. The van der Waals surface area contributed by atoms with Gasteiger partial charge in [0.05, 0.1) is 6.04 Å². The van der Waals surface area contributed by atoms with Gasteiger partial charge in [0.2, 0.25) is 5.91 Å². The molecule has 170 valence electrons. The second-order valence-corrected chi connectivity index (χ2v) is 8.71. The maximum absolute atomic E-state index is 12.7. The second-order valence-electron chi connectivity index (χ2n) is 8.71. The molecule has 2 aliphatic rings. The molecule has 4 rings (SSSR count). The standard InChI is InChI=1S/C25H32N4O3/c1-28-12-14-29(15-13-28)17-23(19-6-3-2-4-7-19)27-24(30)18-32-22-9-5-8-21(16-22)26-25(31)20-10-11-20/h2-9,16,20,23H,10-15,17-18H2,1H3,(H,26,31)(H,27,30). The van der Waals surface area contributed by atoms with E-state index in [0.717, 1.165) is 51.1 Å². The summed E-state index contributed by atoms with van der Waals surface area (Å²) in [6, 6.07) is 17.2. The van der Waals surface area contributed by atoms with Crippen LogP contribution in [0.25, 0.3) is 0 Å². The van der Waals surface area contributed by atoms with Crippen LogP contribution in [0.15, 0.2) is 54.6 Å². The number of nitrogens with zero attached hydrogens (tertiary/aromatic N) is 2. The van der Waals surface area contributed by atoms with E-state index in [9.17, 15) is 9.59 Å². The summed E-state index contributed by atoms with van der Waals surface area (Å²) < 4.78 is 5.72. The fraction of sp³-hybridized carbons (Fsp3) is 0.440. The van der Waals surface area contributed by atoms with Gasteiger partial charge in [-0.2, -0.15) is 0 Å². The third-order valence-electron chi connectivity index (χ3n) is 5.99. The number of amides is 2. The minimum Gasteiger partial charge on any atom is -0.484 e. The molecule has 0 radical (unpaired) electrons. The van der Waals surface area contributed by atoms with E-state index in [1.807, 2.05) is 42.5 Å². The number of rotatable bonds is 9. The highest BCUT2D eigenvalue weighted by Crippen LogP contribution is 2.30. The van der Waals surface area contributed by atoms with Crippen molar-refractivity contribution in [2.45, 2.75) is 18.9 Å². The Hall–Kier alpha value is -2.90. The number of ether oxygens (including phenoxy) is 1. The lowest BCUT2D eigenvalue weighted by Crippen LogP contribution is -2.48. The maximum Gasteiger partial charge on any atom is 0.258 e. The van der Waals surface area contributed by atoms with Crippen LogP contribution in [0.3, 0.4) is 0 Å². The number of carbonyl (C=O) groups excluding carboxylic acids is 2. The summed E-state index contributed by atoms with van der Waals surface area (Å²) in [5.41, 5.74) is 1.78. The summed E-state index contributed by atoms with van der Waals surface area (Å²) in [4.78, 5) is 29.4. The van der Waals surface area contributed by atoms with Crippen LogP contribution >= 0.6 is 0 Å². The number of hydrogen-bond donors (Lipinski definition) is 2. The van der Waals surface area contributed by atoms with E-state index in [2.05, 4.69) is 27.5 Å². The number of anilines is 1. The third kappa shape index (κ3) is 6.55. The molecule has 1 saturated carbocycles. The first kappa shape index (κ1) is 22.3. The van der Waals surface area contributed by atoms with Crippen molar-refractivity contribution in [2.75, 3.05) is 51.7 Å². The van der Waals surface area contributed by atoms with Crippen LogP contribution in [-0.2, 0) is 9.59 Å². The van der Waals surface area contributed by atoms with Crippen LogP contribution < -0.4 is 15.4 Å². The van der Waals surface area contributed by atoms with Gasteiger partial charge in [-0.3, -0.25) is 14.5 Å². The third-order valence-corrected chi connectivity index (χ3v) is 5.99. The largest absolute Gasteiger partial charge is 0.484 e. The number of benzene rings is 2. The molecule has 7 nitrogen and oxygen atoms in total. The molecule has 0 aromatic heterocycles. The fourth-order valence-electron chi connectivity index (χ4n) is 3.85. The van der Waals surface area contributed by atoms with Gasteiger partial charge in [-0.1, -0.05) is 36.4 Å². The number of likely N-dealkylation sites (N-methyl/N-ethyl adjacent to an activating group) is 1. The van der Waals surface area contributed by atoms with Crippen LogP contribution in [-0.4, -0.2) is 68.0 Å². The smallest absolute Gasteiger partial charge is 0.258 e. The van der Waals surface area contributed by atoms with Crippen molar-refractivity contribution >= 4 is 17.5 Å². The fourth-order valence-corrected chi connectivity index (χ4v) is 3.85. The van der Waals surface area contributed by atoms with Gasteiger partial charge in [-0.25, -0.2) is 0 Å². The minimum atomic E-state index is -0.166. The molecular weight excluding hydrogens is 404 g/mol. The second kappa shape index (κ2) is 10.6. The van der Waals surface area contributed by atoms with Gasteiger partial charge < -0.3 is 20.3 Å². The van der Waals surface area contributed by atoms with Crippen LogP contribution in [0.4, 0.5) is 5.69 Å². The lowest BCUT2D eigenvalue weighted by molar-refractivity contribution is -0.124. The summed E-state index contributed by atoms with van der Waals surface area (Å²) in [7, 11) is 2.14. The molecule has 0 spiro atoms. The summed E-state index contributed by atoms with van der Waals surface area (Å²) in [6.07, 6.45) is 1.91. The first-order chi connectivity index (χ1) is 15.6. The van der Waals surface area contributed by atoms with Crippen LogP contribution in [0.2, 0.25) is 0 Å². The highest BCUT2D eigenvalue weighted by molar-refractivity contribution is 5.94. The van der Waals surface area contributed by atoms with Gasteiger partial charge >= 0.3 is 0 Å². The first-order valence-electron chi connectivity index (χ1n) is 11.4. The van der Waals surface area contributed by atoms with Gasteiger partial charge in [0.15, 0.2) is 6.61 Å². The van der Waals surface area contributed by atoms with Crippen LogP contribution in [0.1, 0.15) is 24.4 Å². The molecule has 1 saturated heterocycles. The van der Waals surface area contributed by atoms with Gasteiger partial charge in [0.25, 0.3) is 5.91 Å². The summed E-state index contributed by atoms with van der Waals surface area (Å²) in [6.45, 7) is 4.74. The number of nitrogens with one attached hydrogen (secondary N) is 2. The molecular formula is C25H32N4O3. The molecule has 1 unspecified atom stereocenters. The van der Waals surface area contributed by atoms with E-state index in [1.165, 1.54) is 0 Å². The Kier molecular flexibility index (Phi) is 7.39. The Bertz CT molecular complexity index is 908. The van der Waals surface area contributed by atoms with Crippen molar-refractivity contribution in [3.05, 3.63) is 60.2 Å². The number of hydrogen-bond acceptors (Lipinski definition) is 5. The van der Waals surface area contributed by atoms with Crippen LogP contribution in [0.5, 0.6) is 5.75 Å². The zero-order valence-corrected chi connectivity index (χ0v) is 18.6. The molecule has 1 aliphatic heterocycles. The van der Waals surface area contributed by atoms with E-state index in [4.69, 9.17) is 4.74 Å². The Morgan fingerprint density at radius 2 is 1.78 bits per heavy atom.